The van der Waals surface area contributed by atoms with Gasteiger partial charge in [-0.2, -0.15) is 0 Å². The van der Waals surface area contributed by atoms with Crippen molar-refractivity contribution in [2.75, 3.05) is 11.4 Å². The van der Waals surface area contributed by atoms with Crippen LogP contribution >= 0.6 is 0 Å². The molecular weight excluding hydrogens is 562 g/mol. The number of imidazole rings is 1. The van der Waals surface area contributed by atoms with Gasteiger partial charge in [0, 0.05) is 12.2 Å². The fraction of sp³-hybridized carbons (Fsp3) is 0.286. The molecule has 0 unspecified atom stereocenters. The molecule has 0 fully saturated rings. The van der Waals surface area contributed by atoms with Gasteiger partial charge in [-0.3, -0.25) is 28.8 Å². The van der Waals surface area contributed by atoms with Crippen molar-refractivity contribution in [2.24, 2.45) is 22.2 Å². The number of para-hydroxylation sites is 1. The Morgan fingerprint density at radius 1 is 1.02 bits per heavy atom. The third-order valence-electron chi connectivity index (χ3n) is 6.26. The van der Waals surface area contributed by atoms with Gasteiger partial charge in [-0.1, -0.05) is 53.3 Å². The number of anilines is 1. The normalized spacial score (nSPS) is 12.1. The van der Waals surface area contributed by atoms with Crippen LogP contribution in [0.5, 0.6) is 5.88 Å². The second-order valence-electron chi connectivity index (χ2n) is 9.50. The highest BCUT2D eigenvalue weighted by molar-refractivity contribution is 6.13. The number of benzene rings is 2. The Morgan fingerprint density at radius 2 is 1.63 bits per heavy atom. The SMILES string of the molecule is CC(=O)[C@@H](C(=O)On1c(O)c(CCCN=C(N)N)n(Cc2ccccc2)c1=O)N(C(=O)[C@@H](N)CC(=O)O)c1ccccc1. The van der Waals surface area contributed by atoms with Gasteiger partial charge >= 0.3 is 17.6 Å². The van der Waals surface area contributed by atoms with Crippen molar-refractivity contribution in [3.05, 3.63) is 82.4 Å². The smallest absolute Gasteiger partial charge is 0.365 e. The van der Waals surface area contributed by atoms with Crippen LogP contribution in [0.4, 0.5) is 5.69 Å². The number of hydrogen-bond donors (Lipinski definition) is 5. The second-order valence-corrected chi connectivity index (χ2v) is 9.50. The number of carbonyl (C=O) groups is 4. The third kappa shape index (κ3) is 8.07. The fourth-order valence-corrected chi connectivity index (χ4v) is 4.31. The van der Waals surface area contributed by atoms with Crippen LogP contribution in [0, 0.1) is 0 Å². The number of aromatic hydroxyl groups is 1. The van der Waals surface area contributed by atoms with Gasteiger partial charge in [0.15, 0.2) is 17.8 Å². The lowest BCUT2D eigenvalue weighted by atomic mass is 10.1. The molecule has 0 bridgehead atoms. The van der Waals surface area contributed by atoms with Crippen LogP contribution in [0.3, 0.4) is 0 Å². The molecular formula is C28H33N7O8. The molecule has 1 amide bonds. The molecule has 15 nitrogen and oxygen atoms in total. The van der Waals surface area contributed by atoms with E-state index in [1.807, 2.05) is 0 Å². The summed E-state index contributed by atoms with van der Waals surface area (Å²) in [6, 6.07) is 12.7. The standard InChI is InChI=1S/C28H33N7O8/c1-17(36)23(34(19-11-6-3-7-12-19)24(39)20(29)15-22(37)38)26(41)43-35-25(40)21(13-8-14-32-27(30)31)33(28(35)42)16-18-9-4-2-5-10-18/h2-7,9-12,20,23,40H,8,13-16,29H2,1H3,(H,37,38)(H4,30,31,32)/t20-,23-/m0/s1. The van der Waals surface area contributed by atoms with E-state index in [4.69, 9.17) is 27.1 Å². The van der Waals surface area contributed by atoms with Gasteiger partial charge in [0.1, 0.15) is 0 Å². The highest BCUT2D eigenvalue weighted by Crippen LogP contribution is 2.22. The van der Waals surface area contributed by atoms with E-state index in [-0.39, 0.29) is 36.9 Å². The molecule has 228 valence electrons. The molecule has 2 aromatic carbocycles. The number of aromatic nitrogens is 2. The minimum absolute atomic E-state index is 0.00418. The van der Waals surface area contributed by atoms with Crippen molar-refractivity contribution in [1.82, 2.24) is 9.30 Å². The molecule has 0 saturated heterocycles. The van der Waals surface area contributed by atoms with Crippen molar-refractivity contribution in [3.8, 4) is 5.88 Å². The molecule has 1 aromatic heterocycles. The Bertz CT molecular complexity index is 1550. The maximum Gasteiger partial charge on any atom is 0.365 e. The number of carboxylic acid groups (broad SMARTS) is 1. The minimum atomic E-state index is -1.98. The van der Waals surface area contributed by atoms with Crippen LogP contribution in [0.25, 0.3) is 0 Å². The lowest BCUT2D eigenvalue weighted by Gasteiger charge is -2.30. The molecule has 43 heavy (non-hydrogen) atoms. The fourth-order valence-electron chi connectivity index (χ4n) is 4.31. The number of Topliss-reactive ketones (excluding diaryl/α,β-unsaturated/α-hetero) is 1. The number of rotatable bonds is 14. The number of ketones is 1. The maximum absolute atomic E-state index is 13.5. The number of aliphatic imine (C=N–C) groups is 1. The molecule has 15 heteroatoms. The molecule has 0 radical (unpaired) electrons. The van der Waals surface area contributed by atoms with Gasteiger partial charge in [-0.05, 0) is 37.5 Å². The number of nitrogens with two attached hydrogens (primary N) is 3. The van der Waals surface area contributed by atoms with E-state index in [0.29, 0.717) is 16.7 Å². The van der Waals surface area contributed by atoms with Crippen LogP contribution < -0.4 is 32.6 Å². The van der Waals surface area contributed by atoms with Gasteiger partial charge in [-0.25, -0.2) is 9.59 Å². The summed E-state index contributed by atoms with van der Waals surface area (Å²) in [5.74, 6) is -5.54. The first-order valence-electron chi connectivity index (χ1n) is 13.1. The lowest BCUT2D eigenvalue weighted by molar-refractivity contribution is -0.150. The number of amides is 1. The Morgan fingerprint density at radius 3 is 2.19 bits per heavy atom. The summed E-state index contributed by atoms with van der Waals surface area (Å²) < 4.78 is 1.53. The van der Waals surface area contributed by atoms with Crippen molar-refractivity contribution in [1.29, 1.82) is 0 Å². The summed E-state index contributed by atoms with van der Waals surface area (Å²) in [5.41, 5.74) is 16.5. The first kappa shape index (κ1) is 32.1. The first-order chi connectivity index (χ1) is 20.4. The number of carbonyl (C=O) groups excluding carboxylic acids is 3. The molecule has 3 aromatic rings. The molecule has 0 saturated carbocycles. The molecule has 0 aliphatic rings. The molecule has 2 atom stereocenters. The Labute approximate surface area is 245 Å². The first-order valence-corrected chi connectivity index (χ1v) is 13.1. The van der Waals surface area contributed by atoms with E-state index in [1.54, 1.807) is 36.4 Å². The maximum atomic E-state index is 13.5. The average molecular weight is 596 g/mol. The zero-order valence-electron chi connectivity index (χ0n) is 23.3. The zero-order chi connectivity index (χ0) is 31.7. The van der Waals surface area contributed by atoms with E-state index in [1.165, 1.54) is 28.8 Å². The van der Waals surface area contributed by atoms with E-state index in [9.17, 15) is 29.1 Å². The predicted molar refractivity (Wildman–Crippen MR) is 155 cm³/mol. The lowest BCUT2D eigenvalue weighted by Crippen LogP contribution is -2.57. The van der Waals surface area contributed by atoms with Crippen molar-refractivity contribution < 1.29 is 34.2 Å². The molecule has 0 aliphatic heterocycles. The molecule has 8 N–H and O–H groups in total. The second kappa shape index (κ2) is 14.5. The van der Waals surface area contributed by atoms with Crippen LogP contribution in [0.15, 0.2) is 70.5 Å². The molecule has 0 aliphatic carbocycles. The molecule has 3 rings (SSSR count). The van der Waals surface area contributed by atoms with Gasteiger partial charge in [0.25, 0.3) is 5.88 Å². The van der Waals surface area contributed by atoms with Crippen LogP contribution in [-0.2, 0) is 32.1 Å². The molecule has 0 spiro atoms. The summed E-state index contributed by atoms with van der Waals surface area (Å²) >= 11 is 0. The average Bonchev–Trinajstić information content (AvgIpc) is 3.17. The number of nitrogens with zero attached hydrogens (tertiary/aromatic N) is 4. The van der Waals surface area contributed by atoms with E-state index < -0.39 is 53.7 Å². The van der Waals surface area contributed by atoms with Gasteiger partial charge in [-0.15, -0.1) is 0 Å². The largest absolute Gasteiger partial charge is 0.491 e. The van der Waals surface area contributed by atoms with E-state index in [0.717, 1.165) is 11.8 Å². The van der Waals surface area contributed by atoms with Crippen LogP contribution in [0.2, 0.25) is 0 Å². The number of carboxylic acids is 1. The zero-order valence-corrected chi connectivity index (χ0v) is 23.3. The van der Waals surface area contributed by atoms with Crippen molar-refractivity contribution >= 4 is 35.3 Å². The monoisotopic (exact) mass is 595 g/mol. The summed E-state index contributed by atoms with van der Waals surface area (Å²) in [7, 11) is 0. The van der Waals surface area contributed by atoms with E-state index >= 15 is 0 Å². The molecule has 1 heterocycles. The number of aliphatic carboxylic acids is 1. The minimum Gasteiger partial charge on any atom is -0.491 e. The van der Waals surface area contributed by atoms with Gasteiger partial charge < -0.3 is 32.3 Å². The van der Waals surface area contributed by atoms with Crippen molar-refractivity contribution in [2.45, 2.75) is 44.8 Å². The Balaban J connectivity index is 2.04. The Hall–Kier alpha value is -5.44. The number of hydrogen-bond acceptors (Lipinski definition) is 9. The highest BCUT2D eigenvalue weighted by atomic mass is 16.7. The van der Waals surface area contributed by atoms with E-state index in [2.05, 4.69) is 4.99 Å². The Kier molecular flexibility index (Phi) is 10.8. The predicted octanol–water partition coefficient (Wildman–Crippen LogP) is -0.642. The summed E-state index contributed by atoms with van der Waals surface area (Å²) in [6.45, 7) is 1.20. The topological polar surface area (TPSA) is 239 Å². The van der Waals surface area contributed by atoms with Gasteiger partial charge in [0.05, 0.1) is 24.7 Å². The summed E-state index contributed by atoms with van der Waals surface area (Å²) in [4.78, 5) is 74.2. The third-order valence-corrected chi connectivity index (χ3v) is 6.26. The van der Waals surface area contributed by atoms with Crippen LogP contribution in [0.1, 0.15) is 31.0 Å². The highest BCUT2D eigenvalue weighted by Gasteiger charge is 2.40. The van der Waals surface area contributed by atoms with Crippen LogP contribution in [-0.4, -0.2) is 67.7 Å². The van der Waals surface area contributed by atoms with Gasteiger partial charge in [0.2, 0.25) is 5.91 Å². The quantitative estimate of drug-likeness (QED) is 0.0679. The summed E-state index contributed by atoms with van der Waals surface area (Å²) in [5, 5.41) is 20.2. The van der Waals surface area contributed by atoms with Crippen molar-refractivity contribution in [3.63, 3.8) is 0 Å². The number of guanidine groups is 1. The summed E-state index contributed by atoms with van der Waals surface area (Å²) in [6.07, 6.45) is -0.372.